The van der Waals surface area contributed by atoms with Crippen molar-refractivity contribution >= 4 is 23.6 Å². The van der Waals surface area contributed by atoms with E-state index in [2.05, 4.69) is 42.1 Å². The Bertz CT molecular complexity index is 1330. The predicted molar refractivity (Wildman–Crippen MR) is 116 cm³/mol. The minimum atomic E-state index is -0.572. The minimum Gasteiger partial charge on any atom is -0.378 e. The molecule has 0 fully saturated rings. The molecule has 0 spiro atoms. The molecule has 0 saturated heterocycles. The van der Waals surface area contributed by atoms with E-state index in [4.69, 9.17) is 10.4 Å². The van der Waals surface area contributed by atoms with E-state index in [1.807, 2.05) is 18.2 Å². The van der Waals surface area contributed by atoms with Gasteiger partial charge in [0.25, 0.3) is 5.91 Å². The topological polar surface area (TPSA) is 140 Å². The maximum atomic E-state index is 13.0. The van der Waals surface area contributed by atoms with Crippen LogP contribution in [0.4, 0.5) is 15.9 Å². The summed E-state index contributed by atoms with van der Waals surface area (Å²) in [5, 5.41) is 19.4. The number of nitrogen functional groups attached to an aromatic ring is 1. The molecule has 0 unspecified atom stereocenters. The molecule has 3 heterocycles. The van der Waals surface area contributed by atoms with Crippen LogP contribution >= 0.6 is 0 Å². The van der Waals surface area contributed by atoms with E-state index in [1.165, 1.54) is 40.7 Å². The molecule has 33 heavy (non-hydrogen) atoms. The fourth-order valence-corrected chi connectivity index (χ4v) is 3.65. The largest absolute Gasteiger partial charge is 0.378 e. The standard InChI is InChI=1S/C21H18FN9O2/c22-15-7-5-13(6-8-15)11-24-26-21(32)18-17(31(29-25-18)20-19(23)27-33-28-20)12-30-10-9-14-3-1-2-4-16(14)30/h1-8,11H,9-10,12H2,(H2,23,27)(H,26,32). The minimum absolute atomic E-state index is 0.0178. The lowest BCUT2D eigenvalue weighted by Crippen LogP contribution is -2.26. The molecule has 11 nitrogen and oxygen atoms in total. The second kappa shape index (κ2) is 8.49. The van der Waals surface area contributed by atoms with Gasteiger partial charge >= 0.3 is 0 Å². The molecule has 1 aliphatic heterocycles. The van der Waals surface area contributed by atoms with Gasteiger partial charge < -0.3 is 10.6 Å². The average molecular weight is 447 g/mol. The quantitative estimate of drug-likeness (QED) is 0.336. The van der Waals surface area contributed by atoms with Crippen LogP contribution in [-0.2, 0) is 13.0 Å². The molecule has 4 aromatic rings. The van der Waals surface area contributed by atoms with Gasteiger partial charge in [0.05, 0.1) is 18.5 Å². The van der Waals surface area contributed by atoms with E-state index in [-0.39, 0.29) is 23.1 Å². The van der Waals surface area contributed by atoms with E-state index < -0.39 is 5.91 Å². The zero-order valence-corrected chi connectivity index (χ0v) is 17.2. The van der Waals surface area contributed by atoms with E-state index in [1.54, 1.807) is 0 Å². The summed E-state index contributed by atoms with van der Waals surface area (Å²) < 4.78 is 19.1. The van der Waals surface area contributed by atoms with Crippen molar-refractivity contribution < 1.29 is 13.8 Å². The molecule has 0 saturated carbocycles. The van der Waals surface area contributed by atoms with Crippen LogP contribution in [0.5, 0.6) is 0 Å². The number of hydrazone groups is 1. The van der Waals surface area contributed by atoms with Crippen LogP contribution in [-0.4, -0.2) is 44.0 Å². The van der Waals surface area contributed by atoms with Gasteiger partial charge in [-0.05, 0) is 46.1 Å². The van der Waals surface area contributed by atoms with Crippen molar-refractivity contribution in [3.8, 4) is 5.82 Å². The van der Waals surface area contributed by atoms with E-state index in [0.29, 0.717) is 17.8 Å². The van der Waals surface area contributed by atoms with Crippen LogP contribution < -0.4 is 16.1 Å². The Morgan fingerprint density at radius 1 is 1.21 bits per heavy atom. The maximum Gasteiger partial charge on any atom is 0.293 e. The fraction of sp³-hybridized carbons (Fsp3) is 0.143. The van der Waals surface area contributed by atoms with Crippen molar-refractivity contribution in [3.63, 3.8) is 0 Å². The van der Waals surface area contributed by atoms with Gasteiger partial charge in [0, 0.05) is 12.2 Å². The number of amides is 1. The predicted octanol–water partition coefficient (Wildman–Crippen LogP) is 1.70. The number of hydrogen-bond donors (Lipinski definition) is 2. The average Bonchev–Trinajstić information content (AvgIpc) is 3.54. The van der Waals surface area contributed by atoms with Crippen LogP contribution in [0.2, 0.25) is 0 Å². The highest BCUT2D eigenvalue weighted by Gasteiger charge is 2.27. The van der Waals surface area contributed by atoms with Gasteiger partial charge in [0.15, 0.2) is 5.69 Å². The Kier molecular flexibility index (Phi) is 5.23. The van der Waals surface area contributed by atoms with Crippen LogP contribution in [0.1, 0.15) is 27.3 Å². The van der Waals surface area contributed by atoms with Crippen molar-refractivity contribution in [1.82, 2.24) is 30.7 Å². The third kappa shape index (κ3) is 4.01. The normalized spacial score (nSPS) is 12.9. The second-order valence-corrected chi connectivity index (χ2v) is 7.32. The van der Waals surface area contributed by atoms with Crippen LogP contribution in [0.3, 0.4) is 0 Å². The van der Waals surface area contributed by atoms with Crippen LogP contribution in [0.15, 0.2) is 58.3 Å². The van der Waals surface area contributed by atoms with Crippen molar-refractivity contribution in [2.75, 3.05) is 17.2 Å². The number of carbonyl (C=O) groups is 1. The van der Waals surface area contributed by atoms with Crippen molar-refractivity contribution in [2.45, 2.75) is 13.0 Å². The molecular weight excluding hydrogens is 429 g/mol. The first kappa shape index (κ1) is 20.3. The van der Waals surface area contributed by atoms with Gasteiger partial charge in [-0.1, -0.05) is 35.5 Å². The van der Waals surface area contributed by atoms with Gasteiger partial charge in [-0.2, -0.15) is 9.78 Å². The van der Waals surface area contributed by atoms with E-state index in [0.717, 1.165) is 18.7 Å². The summed E-state index contributed by atoms with van der Waals surface area (Å²) in [6.07, 6.45) is 2.28. The molecule has 0 atom stereocenters. The molecule has 5 rings (SSSR count). The van der Waals surface area contributed by atoms with Gasteiger partial charge in [0.1, 0.15) is 5.82 Å². The molecule has 2 aromatic heterocycles. The van der Waals surface area contributed by atoms with Gasteiger partial charge in [-0.15, -0.1) is 5.10 Å². The molecule has 1 aliphatic rings. The Hall–Kier alpha value is -4.61. The number of nitrogens with two attached hydrogens (primary N) is 1. The lowest BCUT2D eigenvalue weighted by Gasteiger charge is -2.19. The summed E-state index contributed by atoms with van der Waals surface area (Å²) >= 11 is 0. The summed E-state index contributed by atoms with van der Waals surface area (Å²) in [7, 11) is 0. The Balaban J connectivity index is 1.43. The molecule has 12 heteroatoms. The molecule has 1 amide bonds. The SMILES string of the molecule is Nc1nonc1-n1nnc(C(=O)NN=Cc2ccc(F)cc2)c1CN1CCc2ccccc21. The number of nitrogens with zero attached hydrogens (tertiary/aromatic N) is 7. The number of benzene rings is 2. The summed E-state index contributed by atoms with van der Waals surface area (Å²) in [6.45, 7) is 1.08. The Labute approximate surface area is 186 Å². The number of aromatic nitrogens is 5. The Morgan fingerprint density at radius 2 is 2.03 bits per heavy atom. The number of fused-ring (bicyclic) bond motifs is 1. The van der Waals surface area contributed by atoms with Gasteiger partial charge in [0.2, 0.25) is 11.6 Å². The van der Waals surface area contributed by atoms with E-state index >= 15 is 0 Å². The maximum absolute atomic E-state index is 13.0. The molecule has 0 bridgehead atoms. The molecule has 166 valence electrons. The monoisotopic (exact) mass is 447 g/mol. The third-order valence-electron chi connectivity index (χ3n) is 5.25. The first-order valence-electron chi connectivity index (χ1n) is 10.0. The van der Waals surface area contributed by atoms with Crippen molar-refractivity contribution in [2.24, 2.45) is 5.10 Å². The van der Waals surface area contributed by atoms with Crippen molar-refractivity contribution in [3.05, 3.63) is 76.9 Å². The first-order chi connectivity index (χ1) is 16.1. The fourth-order valence-electron chi connectivity index (χ4n) is 3.65. The number of rotatable bonds is 6. The molecule has 0 aliphatic carbocycles. The number of carbonyl (C=O) groups excluding carboxylic acids is 1. The smallest absolute Gasteiger partial charge is 0.293 e. The first-order valence-corrected chi connectivity index (χ1v) is 10.0. The molecule has 2 aromatic carbocycles. The lowest BCUT2D eigenvalue weighted by molar-refractivity contribution is 0.0949. The number of anilines is 2. The zero-order valence-electron chi connectivity index (χ0n) is 17.2. The van der Waals surface area contributed by atoms with Gasteiger partial charge in [-0.25, -0.2) is 14.4 Å². The highest BCUT2D eigenvalue weighted by molar-refractivity contribution is 5.94. The van der Waals surface area contributed by atoms with E-state index in [9.17, 15) is 9.18 Å². The highest BCUT2D eigenvalue weighted by atomic mass is 19.1. The lowest BCUT2D eigenvalue weighted by atomic mass is 10.2. The zero-order chi connectivity index (χ0) is 22.8. The summed E-state index contributed by atoms with van der Waals surface area (Å²) in [5.74, 6) is -0.775. The highest BCUT2D eigenvalue weighted by Crippen LogP contribution is 2.30. The number of para-hydroxylation sites is 1. The molecule has 0 radical (unpaired) electrons. The summed E-state index contributed by atoms with van der Waals surface area (Å²) in [5.41, 5.74) is 11.7. The summed E-state index contributed by atoms with van der Waals surface area (Å²) in [6, 6.07) is 13.7. The Morgan fingerprint density at radius 3 is 2.82 bits per heavy atom. The number of hydrogen-bond acceptors (Lipinski definition) is 9. The second-order valence-electron chi connectivity index (χ2n) is 7.32. The number of halogens is 1. The summed E-state index contributed by atoms with van der Waals surface area (Å²) in [4.78, 5) is 15.0. The molecular formula is C21H18FN9O2. The van der Waals surface area contributed by atoms with Gasteiger partial charge in [-0.3, -0.25) is 4.79 Å². The van der Waals surface area contributed by atoms with Crippen molar-refractivity contribution in [1.29, 1.82) is 0 Å². The number of nitrogens with one attached hydrogen (secondary N) is 1. The van der Waals surface area contributed by atoms with Crippen LogP contribution in [0, 0.1) is 5.82 Å². The molecule has 3 N–H and O–H groups in total. The van der Waals surface area contributed by atoms with Crippen LogP contribution in [0.25, 0.3) is 5.82 Å². The third-order valence-corrected chi connectivity index (χ3v) is 5.25.